The van der Waals surface area contributed by atoms with Crippen molar-refractivity contribution in [1.29, 1.82) is 0 Å². The van der Waals surface area contributed by atoms with Crippen molar-refractivity contribution in [2.75, 3.05) is 11.6 Å². The predicted molar refractivity (Wildman–Crippen MR) is 75.6 cm³/mol. The molecule has 1 fully saturated rings. The van der Waals surface area contributed by atoms with Crippen LogP contribution in [0.3, 0.4) is 0 Å². The molecule has 114 valence electrons. The molecule has 0 bridgehead atoms. The molecular formula is C11H12N2O6S2. The lowest BCUT2D eigenvalue weighted by atomic mass is 10.2. The number of thioether (sulfide) groups is 1. The molecule has 1 aliphatic heterocycles. The zero-order chi connectivity index (χ0) is 15.8. The average Bonchev–Trinajstić information content (AvgIpc) is 2.88. The van der Waals surface area contributed by atoms with Crippen molar-refractivity contribution in [2.45, 2.75) is 17.9 Å². The number of aliphatic carboxylic acids is 1. The number of carbonyl (C=O) groups is 1. The first kappa shape index (κ1) is 15.7. The largest absolute Gasteiger partial charge is 0.480 e. The van der Waals surface area contributed by atoms with Crippen LogP contribution in [0.2, 0.25) is 0 Å². The molecule has 1 aromatic rings. The molecule has 1 aromatic carbocycles. The Bertz CT molecular complexity index is 703. The van der Waals surface area contributed by atoms with Crippen LogP contribution >= 0.6 is 11.8 Å². The van der Waals surface area contributed by atoms with Gasteiger partial charge in [-0.2, -0.15) is 4.31 Å². The van der Waals surface area contributed by atoms with E-state index in [1.807, 2.05) is 0 Å². The van der Waals surface area contributed by atoms with Crippen LogP contribution in [0.25, 0.3) is 0 Å². The van der Waals surface area contributed by atoms with E-state index in [0.717, 1.165) is 10.4 Å². The van der Waals surface area contributed by atoms with Gasteiger partial charge in [-0.25, -0.2) is 8.42 Å². The van der Waals surface area contributed by atoms with E-state index in [4.69, 9.17) is 5.11 Å². The number of hydrogen-bond donors (Lipinski definition) is 1. The van der Waals surface area contributed by atoms with Gasteiger partial charge in [0.15, 0.2) is 0 Å². The number of nitrogens with zero attached hydrogens (tertiary/aromatic N) is 2. The number of rotatable bonds is 4. The van der Waals surface area contributed by atoms with Crippen LogP contribution in [0, 0.1) is 17.0 Å². The van der Waals surface area contributed by atoms with Crippen LogP contribution in [0.4, 0.5) is 5.69 Å². The van der Waals surface area contributed by atoms with Crippen LogP contribution in [0.1, 0.15) is 5.56 Å². The summed E-state index contributed by atoms with van der Waals surface area (Å²) < 4.78 is 25.8. The molecule has 1 N–H and O–H groups in total. The maximum absolute atomic E-state index is 12.5. The lowest BCUT2D eigenvalue weighted by molar-refractivity contribution is -0.385. The van der Waals surface area contributed by atoms with Crippen molar-refractivity contribution in [3.05, 3.63) is 33.9 Å². The standard InChI is InChI=1S/C11H12N2O6S2/c1-7-2-3-8(4-9(7)13(16)17)21(18,19)12-6-20-5-10(12)11(14)15/h2-4,10H,5-6H2,1H3,(H,14,15)/t10-/m0/s1. The van der Waals surface area contributed by atoms with Gasteiger partial charge in [0.25, 0.3) is 5.69 Å². The van der Waals surface area contributed by atoms with Crippen molar-refractivity contribution in [3.8, 4) is 0 Å². The molecule has 2 rings (SSSR count). The third-order valence-corrected chi connectivity index (χ3v) is 6.14. The highest BCUT2D eigenvalue weighted by Gasteiger charge is 2.40. The first-order valence-electron chi connectivity index (χ1n) is 5.82. The SMILES string of the molecule is Cc1ccc(S(=O)(=O)N2CSC[C@H]2C(=O)O)cc1[N+](=O)[O-]. The summed E-state index contributed by atoms with van der Waals surface area (Å²) in [5, 5.41) is 19.9. The second-order valence-corrected chi connectivity index (χ2v) is 7.34. The lowest BCUT2D eigenvalue weighted by Crippen LogP contribution is -2.41. The zero-order valence-electron chi connectivity index (χ0n) is 10.9. The van der Waals surface area contributed by atoms with Crippen molar-refractivity contribution in [2.24, 2.45) is 0 Å². The van der Waals surface area contributed by atoms with Gasteiger partial charge < -0.3 is 5.11 Å². The Labute approximate surface area is 125 Å². The van der Waals surface area contributed by atoms with E-state index in [9.17, 15) is 23.3 Å². The molecule has 1 aliphatic rings. The Kier molecular flexibility index (Phi) is 4.21. The molecule has 10 heteroatoms. The van der Waals surface area contributed by atoms with E-state index < -0.39 is 27.0 Å². The van der Waals surface area contributed by atoms with Crippen LogP contribution in [0.15, 0.2) is 23.1 Å². The Morgan fingerprint density at radius 2 is 2.19 bits per heavy atom. The highest BCUT2D eigenvalue weighted by molar-refractivity contribution is 8.00. The minimum absolute atomic E-state index is 0.0149. The molecule has 0 saturated carbocycles. The van der Waals surface area contributed by atoms with Gasteiger partial charge in [0.1, 0.15) is 6.04 Å². The number of benzene rings is 1. The summed E-state index contributed by atoms with van der Waals surface area (Å²) in [4.78, 5) is 21.1. The first-order chi connectivity index (χ1) is 9.75. The van der Waals surface area contributed by atoms with Gasteiger partial charge in [-0.15, -0.1) is 11.8 Å². The Morgan fingerprint density at radius 1 is 1.52 bits per heavy atom. The number of aryl methyl sites for hydroxylation is 1. The summed E-state index contributed by atoms with van der Waals surface area (Å²) in [7, 11) is -4.08. The fourth-order valence-electron chi connectivity index (χ4n) is 1.94. The maximum Gasteiger partial charge on any atom is 0.322 e. The summed E-state index contributed by atoms with van der Waals surface area (Å²) in [6.07, 6.45) is 0. The molecule has 1 heterocycles. The average molecular weight is 332 g/mol. The molecule has 1 atom stereocenters. The smallest absolute Gasteiger partial charge is 0.322 e. The number of sulfonamides is 1. The van der Waals surface area contributed by atoms with Gasteiger partial charge in [0, 0.05) is 17.4 Å². The molecule has 0 aliphatic carbocycles. The van der Waals surface area contributed by atoms with E-state index in [0.29, 0.717) is 5.56 Å². The molecule has 8 nitrogen and oxygen atoms in total. The van der Waals surface area contributed by atoms with E-state index in [2.05, 4.69) is 0 Å². The van der Waals surface area contributed by atoms with Gasteiger partial charge in [-0.3, -0.25) is 14.9 Å². The second-order valence-electron chi connectivity index (χ2n) is 4.45. The van der Waals surface area contributed by atoms with E-state index in [1.165, 1.54) is 30.8 Å². The summed E-state index contributed by atoms with van der Waals surface area (Å²) >= 11 is 1.19. The van der Waals surface area contributed by atoms with Gasteiger partial charge in [-0.05, 0) is 13.0 Å². The quantitative estimate of drug-likeness (QED) is 0.646. The molecule has 0 radical (unpaired) electrons. The van der Waals surface area contributed by atoms with Gasteiger partial charge >= 0.3 is 5.97 Å². The normalized spacial score (nSPS) is 19.6. The molecule has 1 saturated heterocycles. The molecule has 21 heavy (non-hydrogen) atoms. The zero-order valence-corrected chi connectivity index (χ0v) is 12.6. The van der Waals surface area contributed by atoms with Crippen LogP contribution in [0.5, 0.6) is 0 Å². The Hall–Kier alpha value is -1.65. The minimum Gasteiger partial charge on any atom is -0.480 e. The number of nitro groups is 1. The third-order valence-electron chi connectivity index (χ3n) is 3.11. The van der Waals surface area contributed by atoms with Gasteiger partial charge in [-0.1, -0.05) is 6.07 Å². The Balaban J connectivity index is 2.47. The van der Waals surface area contributed by atoms with Gasteiger partial charge in [0.05, 0.1) is 15.7 Å². The first-order valence-corrected chi connectivity index (χ1v) is 8.42. The Morgan fingerprint density at radius 3 is 2.76 bits per heavy atom. The van der Waals surface area contributed by atoms with Crippen LogP contribution in [-0.4, -0.2) is 46.4 Å². The lowest BCUT2D eigenvalue weighted by Gasteiger charge is -2.20. The van der Waals surface area contributed by atoms with E-state index >= 15 is 0 Å². The number of carboxylic acids is 1. The van der Waals surface area contributed by atoms with E-state index in [-0.39, 0.29) is 22.2 Å². The fraction of sp³-hybridized carbons (Fsp3) is 0.364. The molecule has 0 aromatic heterocycles. The monoisotopic (exact) mass is 332 g/mol. The highest BCUT2D eigenvalue weighted by Crippen LogP contribution is 2.30. The molecular weight excluding hydrogens is 320 g/mol. The summed E-state index contributed by atoms with van der Waals surface area (Å²) in [5.74, 6) is -1.06. The molecule has 0 unspecified atom stereocenters. The number of hydrogen-bond acceptors (Lipinski definition) is 6. The minimum atomic E-state index is -4.08. The van der Waals surface area contributed by atoms with Gasteiger partial charge in [0.2, 0.25) is 10.0 Å². The van der Waals surface area contributed by atoms with Crippen molar-refractivity contribution in [3.63, 3.8) is 0 Å². The van der Waals surface area contributed by atoms with Crippen LogP contribution < -0.4 is 0 Å². The predicted octanol–water partition coefficient (Wildman–Crippen LogP) is 1.05. The summed E-state index contributed by atoms with van der Waals surface area (Å²) in [6, 6.07) is 2.40. The van der Waals surface area contributed by atoms with Crippen molar-refractivity contribution in [1.82, 2.24) is 4.31 Å². The topological polar surface area (TPSA) is 118 Å². The number of carboxylic acid groups (broad SMARTS) is 1. The van der Waals surface area contributed by atoms with Crippen LogP contribution in [-0.2, 0) is 14.8 Å². The van der Waals surface area contributed by atoms with Crippen molar-refractivity contribution >= 4 is 33.4 Å². The van der Waals surface area contributed by atoms with Crippen molar-refractivity contribution < 1.29 is 23.2 Å². The maximum atomic E-state index is 12.5. The highest BCUT2D eigenvalue weighted by atomic mass is 32.2. The summed E-state index contributed by atoms with van der Waals surface area (Å²) in [5.41, 5.74) is 0.0272. The molecule has 0 amide bonds. The summed E-state index contributed by atoms with van der Waals surface area (Å²) in [6.45, 7) is 1.50. The van der Waals surface area contributed by atoms with E-state index in [1.54, 1.807) is 0 Å². The third kappa shape index (κ3) is 2.87. The number of nitro benzene ring substituents is 1. The second kappa shape index (κ2) is 5.62. The fourth-order valence-corrected chi connectivity index (χ4v) is 5.10. The molecule has 0 spiro atoms.